The van der Waals surface area contributed by atoms with Gasteiger partial charge in [0.1, 0.15) is 11.6 Å². The van der Waals surface area contributed by atoms with Gasteiger partial charge in [0, 0.05) is 12.8 Å². The summed E-state index contributed by atoms with van der Waals surface area (Å²) in [5.41, 5.74) is 0. The second-order valence-corrected chi connectivity index (χ2v) is 3.60. The maximum atomic E-state index is 11.3. The van der Waals surface area contributed by atoms with Crippen molar-refractivity contribution in [1.29, 1.82) is 0 Å². The van der Waals surface area contributed by atoms with Crippen LogP contribution < -0.4 is 29.6 Å². The van der Waals surface area contributed by atoms with E-state index >= 15 is 0 Å². The SMILES string of the molecule is O=C1CCCC2CCC(=O)C12.[Na+]. The number of carbonyl (C=O) groups excluding carboxylic acids is 2. The molecule has 2 unspecified atom stereocenters. The van der Waals surface area contributed by atoms with E-state index in [9.17, 15) is 9.59 Å². The summed E-state index contributed by atoms with van der Waals surface area (Å²) in [7, 11) is 0. The van der Waals surface area contributed by atoms with Gasteiger partial charge < -0.3 is 0 Å². The standard InChI is InChI=1S/C9H12O2.Na/c10-7-3-1-2-6-4-5-8(11)9(6)7;/h6,9H,1-5H2;/q;+1. The summed E-state index contributed by atoms with van der Waals surface area (Å²) in [5.74, 6) is 0.663. The molecular formula is C9H12NaO2+. The van der Waals surface area contributed by atoms with Gasteiger partial charge in [-0.05, 0) is 25.2 Å². The summed E-state index contributed by atoms with van der Waals surface area (Å²) in [6.07, 6.45) is 4.37. The van der Waals surface area contributed by atoms with Crippen molar-refractivity contribution in [2.45, 2.75) is 32.1 Å². The van der Waals surface area contributed by atoms with Gasteiger partial charge in [-0.25, -0.2) is 0 Å². The van der Waals surface area contributed by atoms with E-state index in [0.717, 1.165) is 19.3 Å². The van der Waals surface area contributed by atoms with E-state index in [0.29, 0.717) is 18.8 Å². The van der Waals surface area contributed by atoms with Crippen LogP contribution in [0.4, 0.5) is 0 Å². The zero-order valence-corrected chi connectivity index (χ0v) is 9.51. The normalized spacial score (nSPS) is 34.3. The quantitative estimate of drug-likeness (QED) is 0.326. The molecule has 12 heavy (non-hydrogen) atoms. The second kappa shape index (κ2) is 4.03. The Morgan fingerprint density at radius 1 is 1.00 bits per heavy atom. The van der Waals surface area contributed by atoms with Crippen molar-refractivity contribution in [1.82, 2.24) is 0 Å². The smallest absolute Gasteiger partial charge is 0.299 e. The Hall–Kier alpha value is 0.340. The fourth-order valence-corrected chi connectivity index (χ4v) is 2.36. The topological polar surface area (TPSA) is 34.1 Å². The molecule has 0 saturated heterocycles. The van der Waals surface area contributed by atoms with Gasteiger partial charge in [-0.2, -0.15) is 0 Å². The number of rotatable bonds is 0. The van der Waals surface area contributed by atoms with Gasteiger partial charge >= 0.3 is 29.6 Å². The molecule has 2 aliphatic rings. The van der Waals surface area contributed by atoms with Crippen LogP contribution in [-0.4, -0.2) is 11.6 Å². The van der Waals surface area contributed by atoms with Gasteiger partial charge in [-0.15, -0.1) is 0 Å². The molecule has 0 aromatic rings. The molecule has 0 aliphatic heterocycles. The third-order valence-corrected chi connectivity index (χ3v) is 2.92. The van der Waals surface area contributed by atoms with Crippen LogP contribution in [0, 0.1) is 11.8 Å². The van der Waals surface area contributed by atoms with Crippen LogP contribution in [0.25, 0.3) is 0 Å². The minimum absolute atomic E-state index is 0. The molecule has 0 aromatic carbocycles. The van der Waals surface area contributed by atoms with Crippen molar-refractivity contribution in [2.24, 2.45) is 11.8 Å². The van der Waals surface area contributed by atoms with Crippen LogP contribution in [0.3, 0.4) is 0 Å². The van der Waals surface area contributed by atoms with Crippen LogP contribution >= 0.6 is 0 Å². The van der Waals surface area contributed by atoms with Gasteiger partial charge in [-0.1, -0.05) is 0 Å². The van der Waals surface area contributed by atoms with Crippen LogP contribution in [0.5, 0.6) is 0 Å². The van der Waals surface area contributed by atoms with Crippen molar-refractivity contribution in [3.63, 3.8) is 0 Å². The van der Waals surface area contributed by atoms with Gasteiger partial charge in [0.2, 0.25) is 0 Å². The summed E-state index contributed by atoms with van der Waals surface area (Å²) in [6.45, 7) is 0. The Kier molecular flexibility index (Phi) is 3.50. The molecule has 3 heteroatoms. The van der Waals surface area contributed by atoms with Crippen LogP contribution in [0.2, 0.25) is 0 Å². The first-order valence-corrected chi connectivity index (χ1v) is 4.34. The average Bonchev–Trinajstić information content (AvgIpc) is 2.34. The molecule has 0 amide bonds. The monoisotopic (exact) mass is 175 g/mol. The number of fused-ring (bicyclic) bond motifs is 1. The Morgan fingerprint density at radius 2 is 1.67 bits per heavy atom. The predicted molar refractivity (Wildman–Crippen MR) is 40.1 cm³/mol. The fraction of sp³-hybridized carbons (Fsp3) is 0.778. The van der Waals surface area contributed by atoms with Gasteiger partial charge in [0.25, 0.3) is 0 Å². The first kappa shape index (κ1) is 10.4. The average molecular weight is 175 g/mol. The molecule has 60 valence electrons. The van der Waals surface area contributed by atoms with Gasteiger partial charge in [0.05, 0.1) is 5.92 Å². The fourth-order valence-electron chi connectivity index (χ4n) is 2.36. The Morgan fingerprint density at radius 3 is 2.33 bits per heavy atom. The van der Waals surface area contributed by atoms with E-state index in [1.165, 1.54) is 0 Å². The molecule has 0 heterocycles. The zero-order valence-electron chi connectivity index (χ0n) is 7.51. The van der Waals surface area contributed by atoms with Crippen molar-refractivity contribution < 1.29 is 39.1 Å². The number of hydrogen-bond acceptors (Lipinski definition) is 2. The van der Waals surface area contributed by atoms with E-state index in [2.05, 4.69) is 0 Å². The first-order valence-electron chi connectivity index (χ1n) is 4.34. The Bertz CT molecular complexity index is 213. The minimum Gasteiger partial charge on any atom is -0.299 e. The van der Waals surface area contributed by atoms with Crippen molar-refractivity contribution in [3.8, 4) is 0 Å². The molecule has 0 spiro atoms. The predicted octanol–water partition coefficient (Wildman–Crippen LogP) is -1.66. The van der Waals surface area contributed by atoms with Crippen LogP contribution in [0.15, 0.2) is 0 Å². The summed E-state index contributed by atoms with van der Waals surface area (Å²) >= 11 is 0. The second-order valence-electron chi connectivity index (χ2n) is 3.60. The van der Waals surface area contributed by atoms with Gasteiger partial charge in [-0.3, -0.25) is 9.59 Å². The molecule has 0 bridgehead atoms. The molecule has 0 N–H and O–H groups in total. The molecule has 2 fully saturated rings. The Labute approximate surface area is 94.4 Å². The molecule has 0 aromatic heterocycles. The number of ketones is 2. The summed E-state index contributed by atoms with van der Waals surface area (Å²) in [6, 6.07) is 0. The van der Waals surface area contributed by atoms with E-state index < -0.39 is 0 Å². The van der Waals surface area contributed by atoms with E-state index in [4.69, 9.17) is 0 Å². The molecule has 2 aliphatic carbocycles. The third-order valence-electron chi connectivity index (χ3n) is 2.92. The maximum Gasteiger partial charge on any atom is 1.00 e. The molecule has 2 saturated carbocycles. The van der Waals surface area contributed by atoms with Crippen molar-refractivity contribution in [2.75, 3.05) is 0 Å². The van der Waals surface area contributed by atoms with Crippen LogP contribution in [0.1, 0.15) is 32.1 Å². The van der Waals surface area contributed by atoms with E-state index in [1.54, 1.807) is 0 Å². The Balaban J connectivity index is 0.000000720. The van der Waals surface area contributed by atoms with Gasteiger partial charge in [0.15, 0.2) is 0 Å². The molecular weight excluding hydrogens is 163 g/mol. The zero-order chi connectivity index (χ0) is 7.84. The van der Waals surface area contributed by atoms with Crippen molar-refractivity contribution in [3.05, 3.63) is 0 Å². The van der Waals surface area contributed by atoms with E-state index in [1.807, 2.05) is 0 Å². The molecule has 2 rings (SSSR count). The molecule has 2 atom stereocenters. The van der Waals surface area contributed by atoms with Crippen LogP contribution in [-0.2, 0) is 9.59 Å². The minimum atomic E-state index is -0.177. The molecule has 2 nitrogen and oxygen atoms in total. The largest absolute Gasteiger partial charge is 1.00 e. The third kappa shape index (κ3) is 1.66. The maximum absolute atomic E-state index is 11.3. The number of carbonyl (C=O) groups is 2. The summed E-state index contributed by atoms with van der Waals surface area (Å²) in [5, 5.41) is 0. The summed E-state index contributed by atoms with van der Waals surface area (Å²) < 4.78 is 0. The number of Topliss-reactive ketones (excluding diaryl/α,β-unsaturated/α-hetero) is 2. The number of hydrogen-bond donors (Lipinski definition) is 0. The van der Waals surface area contributed by atoms with Crippen molar-refractivity contribution >= 4 is 11.6 Å². The van der Waals surface area contributed by atoms with E-state index in [-0.39, 0.29) is 47.0 Å². The first-order chi connectivity index (χ1) is 5.29. The summed E-state index contributed by atoms with van der Waals surface area (Å²) in [4.78, 5) is 22.5. The molecule has 0 radical (unpaired) electrons.